The lowest BCUT2D eigenvalue weighted by Gasteiger charge is -2.35. The molecular formula is C20H33N3. The molecule has 128 valence electrons. The van der Waals surface area contributed by atoms with Crippen molar-refractivity contribution in [2.45, 2.75) is 38.6 Å². The predicted octanol–water partition coefficient (Wildman–Crippen LogP) is 2.62. The molecule has 1 atom stereocenters. The average Bonchev–Trinajstić information content (AvgIpc) is 3.34. The maximum absolute atomic E-state index is 3.82. The van der Waals surface area contributed by atoms with E-state index in [0.29, 0.717) is 11.5 Å². The van der Waals surface area contributed by atoms with Crippen LogP contribution in [-0.4, -0.2) is 62.2 Å². The van der Waals surface area contributed by atoms with Crippen LogP contribution in [0.2, 0.25) is 0 Å². The molecule has 1 aliphatic carbocycles. The number of rotatable bonds is 8. The highest BCUT2D eigenvalue weighted by molar-refractivity contribution is 5.14. The van der Waals surface area contributed by atoms with Gasteiger partial charge in [0.05, 0.1) is 0 Å². The molecule has 2 fully saturated rings. The number of likely N-dealkylation sites (N-methyl/N-ethyl adjacent to an activating group) is 1. The molecule has 1 aliphatic heterocycles. The number of hydrogen-bond acceptors (Lipinski definition) is 3. The first-order valence-electron chi connectivity index (χ1n) is 9.33. The Hall–Kier alpha value is -0.900. The summed E-state index contributed by atoms with van der Waals surface area (Å²) < 4.78 is 0. The van der Waals surface area contributed by atoms with Crippen LogP contribution in [0.25, 0.3) is 0 Å². The Morgan fingerprint density at radius 1 is 1.09 bits per heavy atom. The maximum Gasteiger partial charge on any atom is 0.0110 e. The van der Waals surface area contributed by atoms with E-state index in [1.807, 2.05) is 0 Å². The summed E-state index contributed by atoms with van der Waals surface area (Å²) in [6.45, 7) is 9.82. The lowest BCUT2D eigenvalue weighted by atomic mass is 10.0. The van der Waals surface area contributed by atoms with E-state index in [2.05, 4.69) is 59.4 Å². The van der Waals surface area contributed by atoms with Crippen molar-refractivity contribution in [3.8, 4) is 0 Å². The van der Waals surface area contributed by atoms with Gasteiger partial charge < -0.3 is 15.1 Å². The van der Waals surface area contributed by atoms with E-state index >= 15 is 0 Å². The zero-order valence-corrected chi connectivity index (χ0v) is 14.9. The molecule has 0 radical (unpaired) electrons. The molecule has 1 N–H and O–H groups in total. The van der Waals surface area contributed by atoms with Crippen LogP contribution in [-0.2, 0) is 6.42 Å². The van der Waals surface area contributed by atoms with Gasteiger partial charge in [0.25, 0.3) is 0 Å². The summed E-state index contributed by atoms with van der Waals surface area (Å²) in [5.74, 6) is 0. The van der Waals surface area contributed by atoms with Crippen LogP contribution < -0.4 is 5.32 Å². The van der Waals surface area contributed by atoms with Crippen molar-refractivity contribution in [3.05, 3.63) is 35.9 Å². The maximum atomic E-state index is 3.82. The van der Waals surface area contributed by atoms with Crippen LogP contribution in [0.15, 0.2) is 30.3 Å². The summed E-state index contributed by atoms with van der Waals surface area (Å²) in [5, 5.41) is 3.82. The molecule has 3 heteroatoms. The minimum absolute atomic E-state index is 0.580. The molecule has 1 aromatic carbocycles. The van der Waals surface area contributed by atoms with Crippen molar-refractivity contribution >= 4 is 0 Å². The molecule has 0 bridgehead atoms. The Morgan fingerprint density at radius 2 is 1.78 bits per heavy atom. The van der Waals surface area contributed by atoms with Crippen LogP contribution in [0.1, 0.15) is 31.7 Å². The summed E-state index contributed by atoms with van der Waals surface area (Å²) in [7, 11) is 2.24. The number of piperazine rings is 1. The van der Waals surface area contributed by atoms with Crippen molar-refractivity contribution in [2.75, 3.05) is 46.3 Å². The van der Waals surface area contributed by atoms with Crippen LogP contribution >= 0.6 is 0 Å². The number of benzene rings is 1. The fraction of sp³-hybridized carbons (Fsp3) is 0.700. The average molecular weight is 316 g/mol. The predicted molar refractivity (Wildman–Crippen MR) is 97.8 cm³/mol. The first-order valence-corrected chi connectivity index (χ1v) is 9.33. The van der Waals surface area contributed by atoms with Gasteiger partial charge in [0.1, 0.15) is 0 Å². The number of nitrogens with one attached hydrogen (secondary N) is 1. The van der Waals surface area contributed by atoms with Gasteiger partial charge in [0.15, 0.2) is 0 Å². The van der Waals surface area contributed by atoms with Crippen molar-refractivity contribution in [1.29, 1.82) is 0 Å². The molecule has 0 aromatic heterocycles. The highest BCUT2D eigenvalue weighted by Gasteiger charge is 2.43. The van der Waals surface area contributed by atoms with E-state index < -0.39 is 0 Å². The SMILES string of the molecule is C[C@H](CCc1ccccc1)NCC1(CN2CCN(C)CC2)CC1. The molecular weight excluding hydrogens is 282 g/mol. The third kappa shape index (κ3) is 5.30. The van der Waals surface area contributed by atoms with E-state index in [4.69, 9.17) is 0 Å². The Labute approximate surface area is 142 Å². The fourth-order valence-corrected chi connectivity index (χ4v) is 3.57. The largest absolute Gasteiger partial charge is 0.314 e. The topological polar surface area (TPSA) is 18.5 Å². The van der Waals surface area contributed by atoms with Gasteiger partial charge in [0, 0.05) is 45.3 Å². The zero-order chi connectivity index (χ0) is 16.1. The summed E-state index contributed by atoms with van der Waals surface area (Å²) in [5.41, 5.74) is 2.04. The molecule has 3 rings (SSSR count). The third-order valence-corrected chi connectivity index (χ3v) is 5.65. The quantitative estimate of drug-likeness (QED) is 0.795. The van der Waals surface area contributed by atoms with Crippen LogP contribution in [0, 0.1) is 5.41 Å². The van der Waals surface area contributed by atoms with Gasteiger partial charge in [0.2, 0.25) is 0 Å². The molecule has 1 saturated carbocycles. The molecule has 0 amide bonds. The van der Waals surface area contributed by atoms with Crippen LogP contribution in [0.3, 0.4) is 0 Å². The van der Waals surface area contributed by atoms with Gasteiger partial charge in [-0.15, -0.1) is 0 Å². The minimum Gasteiger partial charge on any atom is -0.314 e. The fourth-order valence-electron chi connectivity index (χ4n) is 3.57. The molecule has 2 aliphatic rings. The first-order chi connectivity index (χ1) is 11.2. The van der Waals surface area contributed by atoms with E-state index in [1.54, 1.807) is 0 Å². The molecule has 1 saturated heterocycles. The van der Waals surface area contributed by atoms with E-state index in [-0.39, 0.29) is 0 Å². The van der Waals surface area contributed by atoms with Crippen molar-refractivity contribution in [3.63, 3.8) is 0 Å². The smallest absolute Gasteiger partial charge is 0.0110 e. The molecule has 0 spiro atoms. The highest BCUT2D eigenvalue weighted by atomic mass is 15.3. The van der Waals surface area contributed by atoms with Gasteiger partial charge >= 0.3 is 0 Å². The van der Waals surface area contributed by atoms with Crippen molar-refractivity contribution in [2.24, 2.45) is 5.41 Å². The zero-order valence-electron chi connectivity index (χ0n) is 14.9. The van der Waals surface area contributed by atoms with Crippen LogP contribution in [0.5, 0.6) is 0 Å². The third-order valence-electron chi connectivity index (χ3n) is 5.65. The summed E-state index contributed by atoms with van der Waals surface area (Å²) in [4.78, 5) is 5.13. The van der Waals surface area contributed by atoms with E-state index in [9.17, 15) is 0 Å². The summed E-state index contributed by atoms with van der Waals surface area (Å²) >= 11 is 0. The molecule has 1 aromatic rings. The normalized spacial score (nSPS) is 22.9. The van der Waals surface area contributed by atoms with Crippen molar-refractivity contribution < 1.29 is 0 Å². The molecule has 3 nitrogen and oxygen atoms in total. The second-order valence-electron chi connectivity index (χ2n) is 7.89. The van der Waals surface area contributed by atoms with Crippen LogP contribution in [0.4, 0.5) is 0 Å². The van der Waals surface area contributed by atoms with Gasteiger partial charge in [-0.1, -0.05) is 30.3 Å². The lowest BCUT2D eigenvalue weighted by molar-refractivity contribution is 0.129. The van der Waals surface area contributed by atoms with Gasteiger partial charge in [-0.2, -0.15) is 0 Å². The van der Waals surface area contributed by atoms with Gasteiger partial charge in [-0.3, -0.25) is 0 Å². The second-order valence-corrected chi connectivity index (χ2v) is 7.89. The van der Waals surface area contributed by atoms with Gasteiger partial charge in [-0.05, 0) is 50.6 Å². The van der Waals surface area contributed by atoms with Crippen molar-refractivity contribution in [1.82, 2.24) is 15.1 Å². The monoisotopic (exact) mass is 315 g/mol. The second kappa shape index (κ2) is 7.78. The Morgan fingerprint density at radius 3 is 2.43 bits per heavy atom. The number of nitrogens with zero attached hydrogens (tertiary/aromatic N) is 2. The van der Waals surface area contributed by atoms with Gasteiger partial charge in [-0.25, -0.2) is 0 Å². The summed E-state index contributed by atoms with van der Waals surface area (Å²) in [6.07, 6.45) is 5.24. The lowest BCUT2D eigenvalue weighted by Crippen LogP contribution is -2.48. The minimum atomic E-state index is 0.580. The highest BCUT2D eigenvalue weighted by Crippen LogP contribution is 2.45. The molecule has 1 heterocycles. The molecule has 23 heavy (non-hydrogen) atoms. The number of aryl methyl sites for hydroxylation is 1. The Bertz CT molecular complexity index is 461. The number of hydrogen-bond donors (Lipinski definition) is 1. The Balaban J connectivity index is 1.36. The first kappa shape index (κ1) is 16.9. The molecule has 0 unspecified atom stereocenters. The van der Waals surface area contributed by atoms with E-state index in [0.717, 1.165) is 0 Å². The summed E-state index contributed by atoms with van der Waals surface area (Å²) in [6, 6.07) is 11.5. The standard InChI is InChI=1S/C20H33N3/c1-18(8-9-19-6-4-3-5-7-19)21-16-20(10-11-20)17-23-14-12-22(2)13-15-23/h3-7,18,21H,8-17H2,1-2H3/t18-/m1/s1. The Kier molecular flexibility index (Phi) is 5.73. The van der Waals surface area contributed by atoms with E-state index in [1.165, 1.54) is 70.5 Å².